The summed E-state index contributed by atoms with van der Waals surface area (Å²) in [6.07, 6.45) is 0.917. The van der Waals surface area contributed by atoms with Gasteiger partial charge < -0.3 is 19.8 Å². The maximum absolute atomic E-state index is 13.1. The van der Waals surface area contributed by atoms with Gasteiger partial charge in [0.1, 0.15) is 11.4 Å². The predicted octanol–water partition coefficient (Wildman–Crippen LogP) is 4.09. The molecule has 1 amide bonds. The van der Waals surface area contributed by atoms with E-state index in [0.717, 1.165) is 65.7 Å². The van der Waals surface area contributed by atoms with Crippen molar-refractivity contribution in [2.75, 3.05) is 46.5 Å². The third kappa shape index (κ3) is 5.42. The monoisotopic (exact) mass is 439 g/mol. The van der Waals surface area contributed by atoms with Crippen LogP contribution in [-0.4, -0.2) is 62.3 Å². The van der Waals surface area contributed by atoms with Crippen molar-refractivity contribution in [1.29, 1.82) is 0 Å². The Balaban J connectivity index is 1.50. The Kier molecular flexibility index (Phi) is 7.17. The van der Waals surface area contributed by atoms with E-state index in [1.165, 1.54) is 5.56 Å². The number of H-pyrrole nitrogens is 1. The summed E-state index contributed by atoms with van der Waals surface area (Å²) in [7, 11) is 1.65. The first kappa shape index (κ1) is 21.7. The van der Waals surface area contributed by atoms with Crippen LogP contribution in [0.15, 0.2) is 52.3 Å². The molecule has 1 aromatic heterocycles. The van der Waals surface area contributed by atoms with Crippen molar-refractivity contribution < 1.29 is 14.3 Å². The van der Waals surface area contributed by atoms with Gasteiger partial charge in [0.25, 0.3) is 5.91 Å². The number of rotatable bonds is 8. The van der Waals surface area contributed by atoms with Crippen molar-refractivity contribution in [1.82, 2.24) is 15.2 Å². The van der Waals surface area contributed by atoms with Gasteiger partial charge in [-0.1, -0.05) is 29.5 Å². The number of morpholine rings is 1. The van der Waals surface area contributed by atoms with Crippen molar-refractivity contribution in [3.63, 3.8) is 0 Å². The summed E-state index contributed by atoms with van der Waals surface area (Å²) in [5.74, 6) is 0.685. The number of aryl methyl sites for hydroxylation is 1. The summed E-state index contributed by atoms with van der Waals surface area (Å²) in [4.78, 5) is 20.8. The van der Waals surface area contributed by atoms with Crippen LogP contribution in [0.2, 0.25) is 0 Å². The quantitative estimate of drug-likeness (QED) is 0.518. The van der Waals surface area contributed by atoms with Gasteiger partial charge in [0, 0.05) is 36.0 Å². The summed E-state index contributed by atoms with van der Waals surface area (Å²) >= 11 is 1.61. The fourth-order valence-corrected chi connectivity index (χ4v) is 4.73. The standard InChI is InChI=1S/C24H29N3O3S/c1-17-4-7-19(8-5-17)31-23-20-9-6-18(29-2)16-21(20)26-22(23)24(28)25-10-3-11-27-12-14-30-15-13-27/h4-9,16,26H,3,10-15H2,1-2H3,(H,25,28). The zero-order valence-corrected chi connectivity index (χ0v) is 18.9. The topological polar surface area (TPSA) is 66.6 Å². The molecule has 1 saturated heterocycles. The fourth-order valence-electron chi connectivity index (χ4n) is 3.69. The summed E-state index contributed by atoms with van der Waals surface area (Å²) in [6, 6.07) is 14.2. The molecule has 3 aromatic rings. The van der Waals surface area contributed by atoms with Gasteiger partial charge in [-0.25, -0.2) is 0 Å². The minimum absolute atomic E-state index is 0.0771. The summed E-state index contributed by atoms with van der Waals surface area (Å²) in [6.45, 7) is 7.21. The van der Waals surface area contributed by atoms with Crippen LogP contribution in [-0.2, 0) is 4.74 Å². The minimum Gasteiger partial charge on any atom is -0.497 e. The molecule has 0 spiro atoms. The molecule has 1 aliphatic rings. The molecule has 0 aliphatic carbocycles. The molecule has 2 heterocycles. The van der Waals surface area contributed by atoms with E-state index in [1.807, 2.05) is 18.2 Å². The van der Waals surface area contributed by atoms with Gasteiger partial charge in [0.15, 0.2) is 0 Å². The summed E-state index contributed by atoms with van der Waals surface area (Å²) in [5.41, 5.74) is 2.71. The lowest BCUT2D eigenvalue weighted by Crippen LogP contribution is -2.38. The molecule has 0 saturated carbocycles. The average Bonchev–Trinajstić information content (AvgIpc) is 3.16. The van der Waals surface area contributed by atoms with E-state index in [0.29, 0.717) is 12.2 Å². The molecule has 31 heavy (non-hydrogen) atoms. The fraction of sp³-hybridized carbons (Fsp3) is 0.375. The van der Waals surface area contributed by atoms with Crippen molar-refractivity contribution >= 4 is 28.6 Å². The molecule has 2 N–H and O–H groups in total. The molecule has 1 aliphatic heterocycles. The van der Waals surface area contributed by atoms with Crippen LogP contribution in [0.5, 0.6) is 5.75 Å². The predicted molar refractivity (Wildman–Crippen MR) is 124 cm³/mol. The normalized spacial score (nSPS) is 14.6. The molecule has 0 unspecified atom stereocenters. The highest BCUT2D eigenvalue weighted by Gasteiger charge is 2.19. The molecule has 0 bridgehead atoms. The number of aromatic amines is 1. The lowest BCUT2D eigenvalue weighted by Gasteiger charge is -2.26. The first-order valence-corrected chi connectivity index (χ1v) is 11.5. The van der Waals surface area contributed by atoms with E-state index in [4.69, 9.17) is 9.47 Å². The largest absolute Gasteiger partial charge is 0.497 e. The maximum Gasteiger partial charge on any atom is 0.268 e. The molecule has 164 valence electrons. The van der Waals surface area contributed by atoms with Crippen molar-refractivity contribution in [2.24, 2.45) is 0 Å². The van der Waals surface area contributed by atoms with Gasteiger partial charge in [-0.3, -0.25) is 9.69 Å². The van der Waals surface area contributed by atoms with Crippen molar-refractivity contribution in [3.8, 4) is 5.75 Å². The highest BCUT2D eigenvalue weighted by atomic mass is 32.2. The van der Waals surface area contributed by atoms with E-state index in [9.17, 15) is 4.79 Å². The molecule has 0 radical (unpaired) electrons. The zero-order chi connectivity index (χ0) is 21.6. The number of hydrogen-bond acceptors (Lipinski definition) is 5. The zero-order valence-electron chi connectivity index (χ0n) is 18.1. The number of nitrogens with zero attached hydrogens (tertiary/aromatic N) is 1. The molecule has 1 fully saturated rings. The molecular formula is C24H29N3O3S. The van der Waals surface area contributed by atoms with Gasteiger partial charge in [0.05, 0.1) is 30.7 Å². The number of benzene rings is 2. The Morgan fingerprint density at radius 1 is 1.19 bits per heavy atom. The number of carbonyl (C=O) groups is 1. The molecule has 0 atom stereocenters. The second-order valence-corrected chi connectivity index (χ2v) is 8.80. The van der Waals surface area contributed by atoms with Crippen LogP contribution < -0.4 is 10.1 Å². The number of methoxy groups -OCH3 is 1. The molecule has 2 aromatic carbocycles. The molecule has 7 heteroatoms. The van der Waals surface area contributed by atoms with E-state index in [1.54, 1.807) is 18.9 Å². The van der Waals surface area contributed by atoms with E-state index < -0.39 is 0 Å². The smallest absolute Gasteiger partial charge is 0.268 e. The number of carbonyl (C=O) groups excluding carboxylic acids is 1. The van der Waals surface area contributed by atoms with E-state index in [-0.39, 0.29) is 5.91 Å². The first-order valence-electron chi connectivity index (χ1n) is 10.7. The second-order valence-electron chi connectivity index (χ2n) is 7.72. The number of hydrogen-bond donors (Lipinski definition) is 2. The van der Waals surface area contributed by atoms with Crippen molar-refractivity contribution in [3.05, 3.63) is 53.7 Å². The number of fused-ring (bicyclic) bond motifs is 1. The van der Waals surface area contributed by atoms with Gasteiger partial charge in [-0.05, 0) is 44.2 Å². The number of ether oxygens (including phenoxy) is 2. The Morgan fingerprint density at radius 2 is 1.97 bits per heavy atom. The third-order valence-corrected chi connectivity index (χ3v) is 6.60. The van der Waals surface area contributed by atoms with Crippen LogP contribution in [0.25, 0.3) is 10.9 Å². The summed E-state index contributed by atoms with van der Waals surface area (Å²) in [5, 5.41) is 4.11. The van der Waals surface area contributed by atoms with Crippen LogP contribution in [0.1, 0.15) is 22.5 Å². The maximum atomic E-state index is 13.1. The van der Waals surface area contributed by atoms with Gasteiger partial charge in [-0.15, -0.1) is 0 Å². The van der Waals surface area contributed by atoms with E-state index >= 15 is 0 Å². The molecule has 4 rings (SSSR count). The summed E-state index contributed by atoms with van der Waals surface area (Å²) < 4.78 is 10.7. The first-order chi connectivity index (χ1) is 15.1. The van der Waals surface area contributed by atoms with Gasteiger partial charge in [-0.2, -0.15) is 0 Å². The Hall–Kier alpha value is -2.48. The highest BCUT2D eigenvalue weighted by molar-refractivity contribution is 7.99. The Morgan fingerprint density at radius 3 is 2.71 bits per heavy atom. The highest BCUT2D eigenvalue weighted by Crippen LogP contribution is 2.38. The van der Waals surface area contributed by atoms with E-state index in [2.05, 4.69) is 46.4 Å². The van der Waals surface area contributed by atoms with Crippen LogP contribution in [0, 0.1) is 6.92 Å². The van der Waals surface area contributed by atoms with Gasteiger partial charge >= 0.3 is 0 Å². The lowest BCUT2D eigenvalue weighted by molar-refractivity contribution is 0.0374. The average molecular weight is 440 g/mol. The third-order valence-electron chi connectivity index (χ3n) is 5.47. The number of aromatic nitrogens is 1. The lowest BCUT2D eigenvalue weighted by atomic mass is 10.2. The minimum atomic E-state index is -0.0771. The Labute approximate surface area is 187 Å². The number of nitrogens with one attached hydrogen (secondary N) is 2. The van der Waals surface area contributed by atoms with Crippen LogP contribution in [0.4, 0.5) is 0 Å². The number of amides is 1. The molecular weight excluding hydrogens is 410 g/mol. The molecule has 6 nitrogen and oxygen atoms in total. The van der Waals surface area contributed by atoms with Crippen LogP contribution >= 0.6 is 11.8 Å². The van der Waals surface area contributed by atoms with Gasteiger partial charge in [0.2, 0.25) is 0 Å². The van der Waals surface area contributed by atoms with Crippen LogP contribution in [0.3, 0.4) is 0 Å². The Bertz CT molecular complexity index is 1030. The SMILES string of the molecule is COc1ccc2c(Sc3ccc(C)cc3)c(C(=O)NCCCN3CCOCC3)[nH]c2c1. The second kappa shape index (κ2) is 10.2. The van der Waals surface area contributed by atoms with Crippen molar-refractivity contribution in [2.45, 2.75) is 23.1 Å².